The first-order chi connectivity index (χ1) is 12.6. The minimum absolute atomic E-state index is 0.0837. The smallest absolute Gasteiger partial charge is 0.334 e. The van der Waals surface area contributed by atoms with Gasteiger partial charge in [0, 0.05) is 29.1 Å². The maximum absolute atomic E-state index is 11.6. The highest BCUT2D eigenvalue weighted by atomic mass is 35.5. The van der Waals surface area contributed by atoms with Crippen LogP contribution in [0.25, 0.3) is 0 Å². The summed E-state index contributed by atoms with van der Waals surface area (Å²) in [5.74, 6) is -0.841. The number of fused-ring (bicyclic) bond motifs is 1. The maximum Gasteiger partial charge on any atom is 0.382 e. The molecule has 9 heteroatoms. The van der Waals surface area contributed by atoms with Gasteiger partial charge in [0.2, 0.25) is 0 Å². The number of hydrogen-bond acceptors (Lipinski definition) is 5. The summed E-state index contributed by atoms with van der Waals surface area (Å²) in [4.78, 5) is 13.8. The van der Waals surface area contributed by atoms with Crippen LogP contribution in [0.1, 0.15) is 28.2 Å². The summed E-state index contributed by atoms with van der Waals surface area (Å²) < 4.78 is 25.8. The second-order valence-electron chi connectivity index (χ2n) is 6.57. The third-order valence-electron chi connectivity index (χ3n) is 4.43. The van der Waals surface area contributed by atoms with E-state index in [0.717, 1.165) is 29.8 Å². The lowest BCUT2D eigenvalue weighted by atomic mass is 9.84. The van der Waals surface area contributed by atoms with Gasteiger partial charge in [-0.25, -0.2) is 0 Å². The number of carbonyl (C=O) groups is 1. The maximum atomic E-state index is 11.6. The number of halogens is 2. The Kier molecular flexibility index (Phi) is 5.79. The molecule has 0 radical (unpaired) electrons. The summed E-state index contributed by atoms with van der Waals surface area (Å²) in [7, 11) is -2.27. The molecule has 2 aromatic carbocycles. The fourth-order valence-corrected chi connectivity index (χ4v) is 4.21. The Labute approximate surface area is 168 Å². The topological polar surface area (TPSA) is 89.7 Å². The summed E-state index contributed by atoms with van der Waals surface area (Å²) in [5.41, 5.74) is 3.82. The van der Waals surface area contributed by atoms with Crippen molar-refractivity contribution in [3.63, 3.8) is 0 Å². The zero-order chi connectivity index (χ0) is 19.8. The molecule has 1 heterocycles. The molecule has 1 atom stereocenters. The van der Waals surface area contributed by atoms with Crippen molar-refractivity contribution in [1.82, 2.24) is 4.90 Å². The highest BCUT2D eigenvalue weighted by Gasteiger charge is 2.27. The molecule has 1 aliphatic rings. The fraction of sp³-hybridized carbons (Fsp3) is 0.278. The molecule has 0 bridgehead atoms. The van der Waals surface area contributed by atoms with Crippen molar-refractivity contribution in [3.05, 3.63) is 68.7 Å². The number of carbonyl (C=O) groups excluding carboxylic acids is 1. The molecule has 1 aliphatic heterocycles. The highest BCUT2D eigenvalue weighted by Crippen LogP contribution is 2.38. The third-order valence-corrected chi connectivity index (χ3v) is 5.41. The van der Waals surface area contributed by atoms with Gasteiger partial charge in [0.25, 0.3) is 0 Å². The third kappa shape index (κ3) is 5.00. The van der Waals surface area contributed by atoms with Crippen molar-refractivity contribution in [2.24, 2.45) is 5.14 Å². The number of rotatable bonds is 4. The lowest BCUT2D eigenvalue weighted by Crippen LogP contribution is -2.31. The van der Waals surface area contributed by atoms with Gasteiger partial charge in [0.05, 0.1) is 6.42 Å². The van der Waals surface area contributed by atoms with E-state index in [1.165, 1.54) is 0 Å². The van der Waals surface area contributed by atoms with Crippen LogP contribution < -0.4 is 5.14 Å². The molecule has 6 nitrogen and oxygen atoms in total. The van der Waals surface area contributed by atoms with Crippen molar-refractivity contribution >= 4 is 39.5 Å². The Hall–Kier alpha value is -1.64. The molecular formula is C18H18Cl2N2O4S. The van der Waals surface area contributed by atoms with Crippen LogP contribution in [0.4, 0.5) is 0 Å². The van der Waals surface area contributed by atoms with E-state index in [2.05, 4.69) is 9.08 Å². The first-order valence-corrected chi connectivity index (χ1v) is 10.4. The predicted octanol–water partition coefficient (Wildman–Crippen LogP) is 2.86. The summed E-state index contributed by atoms with van der Waals surface area (Å²) in [6, 6.07) is 11.0. The van der Waals surface area contributed by atoms with E-state index in [0.29, 0.717) is 15.6 Å². The Bertz CT molecular complexity index is 978. The SMILES string of the molecule is CN1Cc2c(Cl)cc(Cl)cc2C(c2ccc(CC(=O)OS(N)(=O)=O)cc2)C1. The van der Waals surface area contributed by atoms with Crippen LogP contribution in [0.5, 0.6) is 0 Å². The van der Waals surface area contributed by atoms with Crippen molar-refractivity contribution < 1.29 is 17.4 Å². The van der Waals surface area contributed by atoms with Crippen molar-refractivity contribution in [1.29, 1.82) is 0 Å². The average Bonchev–Trinajstić information content (AvgIpc) is 2.54. The van der Waals surface area contributed by atoms with Crippen LogP contribution in [-0.2, 0) is 32.2 Å². The van der Waals surface area contributed by atoms with Gasteiger partial charge >= 0.3 is 16.3 Å². The summed E-state index contributed by atoms with van der Waals surface area (Å²) >= 11 is 12.6. The Morgan fingerprint density at radius 2 is 1.93 bits per heavy atom. The van der Waals surface area contributed by atoms with Crippen molar-refractivity contribution in [3.8, 4) is 0 Å². The molecule has 144 valence electrons. The number of benzene rings is 2. The van der Waals surface area contributed by atoms with Gasteiger partial charge in [-0.3, -0.25) is 4.79 Å². The van der Waals surface area contributed by atoms with E-state index < -0.39 is 16.3 Å². The molecule has 0 aromatic heterocycles. The largest absolute Gasteiger partial charge is 0.382 e. The van der Waals surface area contributed by atoms with Gasteiger partial charge in [-0.05, 0) is 41.4 Å². The number of nitrogens with two attached hydrogens (primary N) is 1. The second-order valence-corrected chi connectivity index (χ2v) is 8.57. The molecule has 0 fully saturated rings. The number of likely N-dealkylation sites (N-methyl/N-ethyl adjacent to an activating group) is 1. The van der Waals surface area contributed by atoms with E-state index in [-0.39, 0.29) is 12.3 Å². The van der Waals surface area contributed by atoms with Gasteiger partial charge in [0.15, 0.2) is 0 Å². The molecule has 2 aromatic rings. The minimum atomic E-state index is -4.30. The zero-order valence-corrected chi connectivity index (χ0v) is 16.8. The zero-order valence-electron chi connectivity index (χ0n) is 14.5. The standard InChI is InChI=1S/C18H18Cl2N2O4S/c1-22-9-15(14-7-13(19)8-17(20)16(14)10-22)12-4-2-11(3-5-12)6-18(23)26-27(21,24)25/h2-5,7-8,15H,6,9-10H2,1H3,(H2,21,24,25). The van der Waals surface area contributed by atoms with Crippen LogP contribution in [0.2, 0.25) is 10.0 Å². The molecule has 1 unspecified atom stereocenters. The Balaban J connectivity index is 1.85. The van der Waals surface area contributed by atoms with E-state index >= 15 is 0 Å². The van der Waals surface area contributed by atoms with Gasteiger partial charge in [0.1, 0.15) is 0 Å². The Morgan fingerprint density at radius 1 is 1.26 bits per heavy atom. The molecule has 0 spiro atoms. The second kappa shape index (κ2) is 7.77. The summed E-state index contributed by atoms with van der Waals surface area (Å²) in [6.07, 6.45) is -0.185. The molecule has 0 amide bonds. The number of nitrogens with zero attached hydrogens (tertiary/aromatic N) is 1. The van der Waals surface area contributed by atoms with Crippen molar-refractivity contribution in [2.45, 2.75) is 18.9 Å². The lowest BCUT2D eigenvalue weighted by Gasteiger charge is -2.33. The number of hydrogen-bond donors (Lipinski definition) is 1. The first kappa shape index (κ1) is 20.1. The van der Waals surface area contributed by atoms with Crippen LogP contribution in [0.15, 0.2) is 36.4 Å². The van der Waals surface area contributed by atoms with Crippen LogP contribution in [0.3, 0.4) is 0 Å². The van der Waals surface area contributed by atoms with Gasteiger partial charge in [-0.2, -0.15) is 13.6 Å². The van der Waals surface area contributed by atoms with E-state index in [1.54, 1.807) is 18.2 Å². The Morgan fingerprint density at radius 3 is 2.56 bits per heavy atom. The highest BCUT2D eigenvalue weighted by molar-refractivity contribution is 7.84. The van der Waals surface area contributed by atoms with Crippen molar-refractivity contribution in [2.75, 3.05) is 13.6 Å². The fourth-order valence-electron chi connectivity index (χ4n) is 3.32. The molecule has 0 saturated heterocycles. The molecule has 3 rings (SSSR count). The minimum Gasteiger partial charge on any atom is -0.334 e. The molecular weight excluding hydrogens is 411 g/mol. The summed E-state index contributed by atoms with van der Waals surface area (Å²) in [5, 5.41) is 5.94. The molecule has 27 heavy (non-hydrogen) atoms. The molecule has 0 aliphatic carbocycles. The van der Waals surface area contributed by atoms with Crippen LogP contribution in [-0.4, -0.2) is 32.9 Å². The predicted molar refractivity (Wildman–Crippen MR) is 104 cm³/mol. The molecule has 2 N–H and O–H groups in total. The molecule has 0 saturated carbocycles. The van der Waals surface area contributed by atoms with Crippen LogP contribution >= 0.6 is 23.2 Å². The van der Waals surface area contributed by atoms with E-state index in [4.69, 9.17) is 28.3 Å². The lowest BCUT2D eigenvalue weighted by molar-refractivity contribution is -0.133. The monoisotopic (exact) mass is 428 g/mol. The average molecular weight is 429 g/mol. The quantitative estimate of drug-likeness (QED) is 0.808. The van der Waals surface area contributed by atoms with Crippen LogP contribution in [0, 0.1) is 0 Å². The van der Waals surface area contributed by atoms with E-state index in [1.807, 2.05) is 25.2 Å². The van der Waals surface area contributed by atoms with E-state index in [9.17, 15) is 13.2 Å². The van der Waals surface area contributed by atoms with Gasteiger partial charge < -0.3 is 9.08 Å². The first-order valence-electron chi connectivity index (χ1n) is 8.12. The van der Waals surface area contributed by atoms with Gasteiger partial charge in [-0.1, -0.05) is 47.5 Å². The normalized spacial score (nSPS) is 17.4. The summed E-state index contributed by atoms with van der Waals surface area (Å²) in [6.45, 7) is 1.55. The van der Waals surface area contributed by atoms with Gasteiger partial charge in [-0.15, -0.1) is 0 Å².